The van der Waals surface area contributed by atoms with Crippen molar-refractivity contribution in [3.05, 3.63) is 23.3 Å². The summed E-state index contributed by atoms with van der Waals surface area (Å²) in [5.74, 6) is 1.58. The van der Waals surface area contributed by atoms with Crippen LogP contribution in [0.2, 0.25) is 0 Å². The molecule has 1 saturated heterocycles. The van der Waals surface area contributed by atoms with Gasteiger partial charge in [0.1, 0.15) is 0 Å². The van der Waals surface area contributed by atoms with Crippen molar-refractivity contribution in [2.24, 2.45) is 0 Å². The highest BCUT2D eigenvalue weighted by molar-refractivity contribution is 5.49. The molecule has 1 aromatic carbocycles. The molecular formula is C20H31NO4. The molecule has 3 rings (SSSR count). The van der Waals surface area contributed by atoms with Crippen LogP contribution in [-0.4, -0.2) is 54.6 Å². The molecule has 2 heterocycles. The third kappa shape index (κ3) is 3.94. The van der Waals surface area contributed by atoms with Crippen LogP contribution >= 0.6 is 0 Å². The fourth-order valence-electron chi connectivity index (χ4n) is 3.99. The number of hydrogen-bond acceptors (Lipinski definition) is 5. The SMILES string of the molecule is CCOc1cc2c(cc1OC)[C@H]1C[C@@H](O)[C@H](OC(C)(C)C)CN1CC2. The number of piperidine rings is 1. The predicted molar refractivity (Wildman–Crippen MR) is 97.4 cm³/mol. The van der Waals surface area contributed by atoms with E-state index in [2.05, 4.69) is 17.0 Å². The summed E-state index contributed by atoms with van der Waals surface area (Å²) in [4.78, 5) is 2.44. The van der Waals surface area contributed by atoms with Gasteiger partial charge in [-0.15, -0.1) is 0 Å². The van der Waals surface area contributed by atoms with Gasteiger partial charge < -0.3 is 19.3 Å². The number of aliphatic hydroxyl groups excluding tert-OH is 1. The van der Waals surface area contributed by atoms with Crippen molar-refractivity contribution in [3.63, 3.8) is 0 Å². The summed E-state index contributed by atoms with van der Waals surface area (Å²) < 4.78 is 17.3. The molecule has 5 heteroatoms. The zero-order valence-electron chi connectivity index (χ0n) is 16.0. The van der Waals surface area contributed by atoms with Gasteiger partial charge in [0.05, 0.1) is 31.5 Å². The number of nitrogens with zero attached hydrogens (tertiary/aromatic N) is 1. The van der Waals surface area contributed by atoms with Crippen molar-refractivity contribution in [1.82, 2.24) is 4.90 Å². The van der Waals surface area contributed by atoms with Gasteiger partial charge in [0.15, 0.2) is 11.5 Å². The molecule has 0 aromatic heterocycles. The maximum atomic E-state index is 10.7. The largest absolute Gasteiger partial charge is 0.493 e. The molecular weight excluding hydrogens is 318 g/mol. The first-order valence-corrected chi connectivity index (χ1v) is 9.26. The predicted octanol–water partition coefficient (Wildman–Crippen LogP) is 2.94. The van der Waals surface area contributed by atoms with E-state index in [1.807, 2.05) is 27.7 Å². The average Bonchev–Trinajstić information content (AvgIpc) is 2.54. The van der Waals surface area contributed by atoms with Gasteiger partial charge in [0.2, 0.25) is 0 Å². The number of ether oxygens (including phenoxy) is 3. The van der Waals surface area contributed by atoms with Crippen molar-refractivity contribution in [2.75, 3.05) is 26.8 Å². The number of hydrogen-bond donors (Lipinski definition) is 1. The van der Waals surface area contributed by atoms with E-state index in [1.165, 1.54) is 11.1 Å². The van der Waals surface area contributed by atoms with E-state index in [-0.39, 0.29) is 17.7 Å². The molecule has 3 atom stereocenters. The molecule has 140 valence electrons. The van der Waals surface area contributed by atoms with Gasteiger partial charge >= 0.3 is 0 Å². The van der Waals surface area contributed by atoms with Crippen molar-refractivity contribution < 1.29 is 19.3 Å². The lowest BCUT2D eigenvalue weighted by Crippen LogP contribution is -2.53. The van der Waals surface area contributed by atoms with E-state index < -0.39 is 6.10 Å². The lowest BCUT2D eigenvalue weighted by molar-refractivity contribution is -0.149. The Morgan fingerprint density at radius 3 is 2.64 bits per heavy atom. The first kappa shape index (κ1) is 18.5. The summed E-state index contributed by atoms with van der Waals surface area (Å²) in [6.07, 6.45) is 1.07. The van der Waals surface area contributed by atoms with E-state index in [9.17, 15) is 5.11 Å². The van der Waals surface area contributed by atoms with Gasteiger partial charge in [-0.05, 0) is 63.8 Å². The summed E-state index contributed by atoms with van der Waals surface area (Å²) >= 11 is 0. The third-order valence-corrected chi connectivity index (χ3v) is 5.01. The minimum Gasteiger partial charge on any atom is -0.493 e. The van der Waals surface area contributed by atoms with E-state index in [1.54, 1.807) is 7.11 Å². The summed E-state index contributed by atoms with van der Waals surface area (Å²) in [6.45, 7) is 10.5. The lowest BCUT2D eigenvalue weighted by Gasteiger charge is -2.46. The molecule has 25 heavy (non-hydrogen) atoms. The minimum atomic E-state index is -0.455. The number of fused-ring (bicyclic) bond motifs is 3. The molecule has 1 aromatic rings. The molecule has 0 bridgehead atoms. The Hall–Kier alpha value is -1.30. The van der Waals surface area contributed by atoms with Crippen LogP contribution in [0, 0.1) is 0 Å². The molecule has 1 fully saturated rings. The zero-order chi connectivity index (χ0) is 18.2. The molecule has 0 saturated carbocycles. The Morgan fingerprint density at radius 2 is 2.00 bits per heavy atom. The summed E-state index contributed by atoms with van der Waals surface area (Å²) in [6, 6.07) is 4.41. The van der Waals surface area contributed by atoms with Crippen LogP contribution in [0.3, 0.4) is 0 Å². The Bertz CT molecular complexity index is 610. The smallest absolute Gasteiger partial charge is 0.161 e. The van der Waals surface area contributed by atoms with Gasteiger partial charge in [0.25, 0.3) is 0 Å². The van der Waals surface area contributed by atoms with Crippen LogP contribution in [0.15, 0.2) is 12.1 Å². The second kappa shape index (κ2) is 7.14. The third-order valence-electron chi connectivity index (χ3n) is 5.01. The van der Waals surface area contributed by atoms with Gasteiger partial charge in [-0.25, -0.2) is 0 Å². The molecule has 0 radical (unpaired) electrons. The highest BCUT2D eigenvalue weighted by Gasteiger charge is 2.40. The lowest BCUT2D eigenvalue weighted by atomic mass is 9.84. The Kier molecular flexibility index (Phi) is 5.28. The topological polar surface area (TPSA) is 51.2 Å². The van der Waals surface area contributed by atoms with Crippen LogP contribution in [0.25, 0.3) is 0 Å². The minimum absolute atomic E-state index is 0.137. The highest BCUT2D eigenvalue weighted by atomic mass is 16.5. The van der Waals surface area contributed by atoms with Gasteiger partial charge in [0, 0.05) is 19.1 Å². The molecule has 0 spiro atoms. The van der Waals surface area contributed by atoms with Crippen LogP contribution < -0.4 is 9.47 Å². The fraction of sp³-hybridized carbons (Fsp3) is 0.700. The van der Waals surface area contributed by atoms with Crippen LogP contribution in [0.5, 0.6) is 11.5 Å². The normalized spacial score (nSPS) is 26.7. The molecule has 0 unspecified atom stereocenters. The number of methoxy groups -OCH3 is 1. The van der Waals surface area contributed by atoms with Gasteiger partial charge in [-0.2, -0.15) is 0 Å². The van der Waals surface area contributed by atoms with E-state index >= 15 is 0 Å². The zero-order valence-corrected chi connectivity index (χ0v) is 16.0. The fourth-order valence-corrected chi connectivity index (χ4v) is 3.99. The quantitative estimate of drug-likeness (QED) is 0.906. The average molecular weight is 349 g/mol. The molecule has 0 amide bonds. The van der Waals surface area contributed by atoms with Crippen LogP contribution in [0.1, 0.15) is 51.3 Å². The monoisotopic (exact) mass is 349 g/mol. The first-order valence-electron chi connectivity index (χ1n) is 9.26. The Morgan fingerprint density at radius 1 is 1.24 bits per heavy atom. The maximum Gasteiger partial charge on any atom is 0.161 e. The van der Waals surface area contributed by atoms with Gasteiger partial charge in [-0.3, -0.25) is 4.90 Å². The molecule has 2 aliphatic rings. The maximum absolute atomic E-state index is 10.7. The van der Waals surface area contributed by atoms with Crippen molar-refractivity contribution in [1.29, 1.82) is 0 Å². The second-order valence-electron chi connectivity index (χ2n) is 7.97. The molecule has 2 aliphatic heterocycles. The van der Waals surface area contributed by atoms with E-state index in [0.29, 0.717) is 13.0 Å². The standard InChI is InChI=1S/C20H31NO4/c1-6-24-18-9-13-7-8-21-12-19(25-20(2,3)4)16(22)11-15(21)14(13)10-17(18)23-5/h9-10,15-16,19,22H,6-8,11-12H2,1-5H3/t15-,16-,19-/m1/s1. The molecule has 0 aliphatic carbocycles. The Labute approximate surface area is 150 Å². The molecule has 1 N–H and O–H groups in total. The van der Waals surface area contributed by atoms with Crippen molar-refractivity contribution >= 4 is 0 Å². The summed E-state index contributed by atoms with van der Waals surface area (Å²) in [5.41, 5.74) is 2.30. The van der Waals surface area contributed by atoms with Crippen LogP contribution in [0.4, 0.5) is 0 Å². The van der Waals surface area contributed by atoms with E-state index in [4.69, 9.17) is 14.2 Å². The first-order chi connectivity index (χ1) is 11.8. The molecule has 5 nitrogen and oxygen atoms in total. The van der Waals surface area contributed by atoms with Crippen molar-refractivity contribution in [2.45, 2.75) is 64.4 Å². The van der Waals surface area contributed by atoms with Crippen molar-refractivity contribution in [3.8, 4) is 11.5 Å². The number of rotatable bonds is 4. The van der Waals surface area contributed by atoms with Gasteiger partial charge in [-0.1, -0.05) is 0 Å². The summed E-state index contributed by atoms with van der Waals surface area (Å²) in [5, 5.41) is 10.7. The van der Waals surface area contributed by atoms with Crippen LogP contribution in [-0.2, 0) is 11.2 Å². The Balaban J connectivity index is 1.85. The summed E-state index contributed by atoms with van der Waals surface area (Å²) in [7, 11) is 1.67. The highest BCUT2D eigenvalue weighted by Crippen LogP contribution is 2.42. The number of benzene rings is 1. The second-order valence-corrected chi connectivity index (χ2v) is 7.97. The van der Waals surface area contributed by atoms with E-state index in [0.717, 1.165) is 31.0 Å². The number of aliphatic hydroxyl groups is 1.